The van der Waals surface area contributed by atoms with Gasteiger partial charge in [0, 0.05) is 0 Å². The van der Waals surface area contributed by atoms with E-state index in [1.165, 1.54) is 0 Å². The van der Waals surface area contributed by atoms with Gasteiger partial charge in [-0.3, -0.25) is 0 Å². The molecule has 0 saturated carbocycles. The van der Waals surface area contributed by atoms with E-state index in [0.717, 1.165) is 5.56 Å². The van der Waals surface area contributed by atoms with Gasteiger partial charge in [0.2, 0.25) is 0 Å². The molecule has 3 heteroatoms. The summed E-state index contributed by atoms with van der Waals surface area (Å²) in [4.78, 5) is 11.4. The Labute approximate surface area is 106 Å². The molecular formula is C15H13O3. The maximum atomic E-state index is 11.4. The molecule has 0 heterocycles. The van der Waals surface area contributed by atoms with Crippen LogP contribution in [-0.2, 0) is 16.1 Å². The first kappa shape index (κ1) is 12.2. The van der Waals surface area contributed by atoms with E-state index in [1.54, 1.807) is 24.3 Å². The smallest absolute Gasteiger partial charge is 0.344 e. The lowest BCUT2D eigenvalue weighted by Gasteiger charge is -2.06. The Morgan fingerprint density at radius 2 is 1.78 bits per heavy atom. The molecule has 0 aliphatic carbocycles. The second kappa shape index (κ2) is 6.45. The Morgan fingerprint density at radius 3 is 2.50 bits per heavy atom. The van der Waals surface area contributed by atoms with Crippen molar-refractivity contribution >= 4 is 5.97 Å². The number of ether oxygens (including phenoxy) is 2. The zero-order valence-electron chi connectivity index (χ0n) is 9.84. The molecule has 18 heavy (non-hydrogen) atoms. The first-order chi connectivity index (χ1) is 8.84. The van der Waals surface area contributed by atoms with E-state index in [2.05, 4.69) is 6.07 Å². The molecule has 1 radical (unpaired) electrons. The van der Waals surface area contributed by atoms with Crippen molar-refractivity contribution < 1.29 is 14.3 Å². The van der Waals surface area contributed by atoms with E-state index in [0.29, 0.717) is 5.75 Å². The van der Waals surface area contributed by atoms with E-state index >= 15 is 0 Å². The Bertz CT molecular complexity index is 434. The topological polar surface area (TPSA) is 35.5 Å². The van der Waals surface area contributed by atoms with Gasteiger partial charge in [-0.25, -0.2) is 4.79 Å². The van der Waals surface area contributed by atoms with Crippen LogP contribution in [0.2, 0.25) is 0 Å². The van der Waals surface area contributed by atoms with Crippen LogP contribution in [0.15, 0.2) is 54.6 Å². The maximum Gasteiger partial charge on any atom is 0.344 e. The first-order valence-electron chi connectivity index (χ1n) is 5.63. The molecule has 91 valence electrons. The van der Waals surface area contributed by atoms with Crippen LogP contribution in [0.25, 0.3) is 0 Å². The van der Waals surface area contributed by atoms with Gasteiger partial charge >= 0.3 is 5.97 Å². The van der Waals surface area contributed by atoms with Gasteiger partial charge in [-0.05, 0) is 23.8 Å². The lowest BCUT2D eigenvalue weighted by atomic mass is 10.2. The van der Waals surface area contributed by atoms with Gasteiger partial charge in [-0.2, -0.15) is 0 Å². The van der Waals surface area contributed by atoms with Gasteiger partial charge in [-0.1, -0.05) is 42.5 Å². The zero-order valence-corrected chi connectivity index (χ0v) is 9.84. The lowest BCUT2D eigenvalue weighted by Crippen LogP contribution is -2.14. The fraction of sp³-hybridized carbons (Fsp3) is 0.133. The number of benzene rings is 2. The fourth-order valence-electron chi connectivity index (χ4n) is 1.39. The van der Waals surface area contributed by atoms with E-state index in [9.17, 15) is 4.79 Å². The van der Waals surface area contributed by atoms with E-state index < -0.39 is 0 Å². The summed E-state index contributed by atoms with van der Waals surface area (Å²) in [6.07, 6.45) is 0. The molecular weight excluding hydrogens is 228 g/mol. The van der Waals surface area contributed by atoms with Crippen LogP contribution in [0.1, 0.15) is 5.56 Å². The third kappa shape index (κ3) is 3.94. The summed E-state index contributed by atoms with van der Waals surface area (Å²) in [6.45, 7) is 0.183. The molecule has 0 amide bonds. The summed E-state index contributed by atoms with van der Waals surface area (Å²) >= 11 is 0. The summed E-state index contributed by atoms with van der Waals surface area (Å²) in [7, 11) is 0. The van der Waals surface area contributed by atoms with Crippen molar-refractivity contribution in [3.05, 3.63) is 66.2 Å². The summed E-state index contributed by atoms with van der Waals surface area (Å²) < 4.78 is 10.3. The molecule has 0 fully saturated rings. The van der Waals surface area contributed by atoms with Crippen LogP contribution in [0.5, 0.6) is 5.75 Å². The van der Waals surface area contributed by atoms with Gasteiger partial charge < -0.3 is 9.47 Å². The van der Waals surface area contributed by atoms with Gasteiger partial charge in [-0.15, -0.1) is 0 Å². The normalized spacial score (nSPS) is 9.78. The molecule has 0 saturated heterocycles. The van der Waals surface area contributed by atoms with Crippen LogP contribution in [-0.4, -0.2) is 12.6 Å². The third-order valence-corrected chi connectivity index (χ3v) is 2.29. The largest absolute Gasteiger partial charge is 0.482 e. The first-order valence-corrected chi connectivity index (χ1v) is 5.63. The third-order valence-electron chi connectivity index (χ3n) is 2.29. The van der Waals surface area contributed by atoms with Gasteiger partial charge in [0.25, 0.3) is 0 Å². The fourth-order valence-corrected chi connectivity index (χ4v) is 1.39. The Morgan fingerprint density at radius 1 is 1.06 bits per heavy atom. The van der Waals surface area contributed by atoms with Crippen LogP contribution < -0.4 is 4.74 Å². The number of rotatable bonds is 5. The van der Waals surface area contributed by atoms with Crippen molar-refractivity contribution in [1.29, 1.82) is 0 Å². The number of esters is 1. The zero-order chi connectivity index (χ0) is 12.6. The number of carbonyl (C=O) groups is 1. The van der Waals surface area contributed by atoms with Crippen molar-refractivity contribution in [2.45, 2.75) is 6.61 Å². The van der Waals surface area contributed by atoms with Crippen LogP contribution in [0, 0.1) is 6.07 Å². The molecule has 2 aromatic rings. The number of hydrogen-bond donors (Lipinski definition) is 0. The van der Waals surface area contributed by atoms with Crippen molar-refractivity contribution in [3.63, 3.8) is 0 Å². The molecule has 0 N–H and O–H groups in total. The molecule has 3 nitrogen and oxygen atoms in total. The summed E-state index contributed by atoms with van der Waals surface area (Å²) in [5, 5.41) is 0. The highest BCUT2D eigenvalue weighted by Crippen LogP contribution is 2.08. The molecule has 0 spiro atoms. The molecule has 2 aromatic carbocycles. The second-order valence-corrected chi connectivity index (χ2v) is 3.67. The molecule has 0 aliphatic heterocycles. The second-order valence-electron chi connectivity index (χ2n) is 3.67. The average molecular weight is 241 g/mol. The van der Waals surface area contributed by atoms with Crippen LogP contribution >= 0.6 is 0 Å². The highest BCUT2D eigenvalue weighted by atomic mass is 16.6. The molecule has 0 aliphatic rings. The SMILES string of the molecule is O=C(COc1cc[c]cc1)OCc1ccccc1. The lowest BCUT2D eigenvalue weighted by molar-refractivity contribution is -0.147. The maximum absolute atomic E-state index is 11.4. The summed E-state index contributed by atoms with van der Waals surface area (Å²) in [5.74, 6) is 0.247. The van der Waals surface area contributed by atoms with E-state index in [1.807, 2.05) is 30.3 Å². The Hall–Kier alpha value is -2.29. The molecule has 0 atom stereocenters. The highest BCUT2D eigenvalue weighted by Gasteiger charge is 2.04. The van der Waals surface area contributed by atoms with Crippen molar-refractivity contribution in [2.24, 2.45) is 0 Å². The predicted molar refractivity (Wildman–Crippen MR) is 67.0 cm³/mol. The number of carbonyl (C=O) groups excluding carboxylic acids is 1. The van der Waals surface area contributed by atoms with Gasteiger partial charge in [0.15, 0.2) is 6.61 Å². The van der Waals surface area contributed by atoms with Gasteiger partial charge in [0.1, 0.15) is 12.4 Å². The number of hydrogen-bond acceptors (Lipinski definition) is 3. The molecule has 2 rings (SSSR count). The molecule has 0 unspecified atom stereocenters. The average Bonchev–Trinajstić information content (AvgIpc) is 2.45. The highest BCUT2D eigenvalue weighted by molar-refractivity contribution is 5.71. The minimum absolute atomic E-state index is 0.0865. The molecule has 0 aromatic heterocycles. The Kier molecular flexibility index (Phi) is 4.36. The Balaban J connectivity index is 1.73. The standard InChI is InChI=1S/C15H13O3/c16-15(12-17-14-9-5-2-6-10-14)18-11-13-7-3-1-4-8-13/h1,3-10H,11-12H2. The van der Waals surface area contributed by atoms with E-state index in [-0.39, 0.29) is 19.2 Å². The van der Waals surface area contributed by atoms with E-state index in [4.69, 9.17) is 9.47 Å². The monoisotopic (exact) mass is 241 g/mol. The predicted octanol–water partition coefficient (Wildman–Crippen LogP) is 2.61. The van der Waals surface area contributed by atoms with Crippen molar-refractivity contribution in [1.82, 2.24) is 0 Å². The minimum Gasteiger partial charge on any atom is -0.482 e. The van der Waals surface area contributed by atoms with Crippen molar-refractivity contribution in [2.75, 3.05) is 6.61 Å². The van der Waals surface area contributed by atoms with Gasteiger partial charge in [0.05, 0.1) is 0 Å². The van der Waals surface area contributed by atoms with Crippen LogP contribution in [0.4, 0.5) is 0 Å². The summed E-state index contributed by atoms with van der Waals surface area (Å²) in [5.41, 5.74) is 0.958. The quantitative estimate of drug-likeness (QED) is 0.755. The summed E-state index contributed by atoms with van der Waals surface area (Å²) in [6, 6.07) is 19.3. The minimum atomic E-state index is -0.383. The van der Waals surface area contributed by atoms with Crippen molar-refractivity contribution in [3.8, 4) is 5.75 Å². The molecule has 0 bridgehead atoms. The van der Waals surface area contributed by atoms with Crippen LogP contribution in [0.3, 0.4) is 0 Å².